The molecule has 1 unspecified atom stereocenters. The summed E-state index contributed by atoms with van der Waals surface area (Å²) in [5, 5.41) is 3.77. The lowest BCUT2D eigenvalue weighted by atomic mass is 10.1. The Labute approximate surface area is 91.1 Å². The summed E-state index contributed by atoms with van der Waals surface area (Å²) >= 11 is 5.96. The van der Waals surface area contributed by atoms with Gasteiger partial charge in [-0.25, -0.2) is 0 Å². The van der Waals surface area contributed by atoms with Crippen LogP contribution < -0.4 is 5.32 Å². The molecule has 1 fully saturated rings. The van der Waals surface area contributed by atoms with Crippen molar-refractivity contribution in [3.05, 3.63) is 29.3 Å². The summed E-state index contributed by atoms with van der Waals surface area (Å²) in [6, 6.07) is 7.35. The molecule has 1 aromatic rings. The summed E-state index contributed by atoms with van der Waals surface area (Å²) in [4.78, 5) is 0.765. The van der Waals surface area contributed by atoms with Crippen LogP contribution >= 0.6 is 11.6 Å². The Balaban J connectivity index is 2.06. The number of rotatable bonds is 3. The van der Waals surface area contributed by atoms with Crippen molar-refractivity contribution in [2.75, 3.05) is 18.8 Å². The zero-order chi connectivity index (χ0) is 9.97. The fourth-order valence-corrected chi connectivity index (χ4v) is 3.15. The normalized spacial score (nSPS) is 18.9. The Morgan fingerprint density at radius 1 is 1.43 bits per heavy atom. The van der Waals surface area contributed by atoms with E-state index in [-0.39, 0.29) is 0 Å². The number of hydrogen-bond donors (Lipinski definition) is 1. The predicted molar refractivity (Wildman–Crippen MR) is 59.1 cm³/mol. The third-order valence-corrected chi connectivity index (χ3v) is 4.40. The van der Waals surface area contributed by atoms with Gasteiger partial charge in [-0.3, -0.25) is 4.21 Å². The highest BCUT2D eigenvalue weighted by atomic mass is 35.5. The first-order valence-electron chi connectivity index (χ1n) is 4.61. The lowest BCUT2D eigenvalue weighted by molar-refractivity contribution is 0.382. The molecule has 0 aromatic heterocycles. The van der Waals surface area contributed by atoms with Gasteiger partial charge in [0.15, 0.2) is 0 Å². The van der Waals surface area contributed by atoms with Crippen LogP contribution in [0, 0.1) is 5.92 Å². The zero-order valence-electron chi connectivity index (χ0n) is 7.70. The van der Waals surface area contributed by atoms with Gasteiger partial charge in [0.05, 0.1) is 20.7 Å². The Hall–Kier alpha value is -0.380. The maximum Gasteiger partial charge on any atom is 0.0574 e. The van der Waals surface area contributed by atoms with E-state index < -0.39 is 10.8 Å². The summed E-state index contributed by atoms with van der Waals surface area (Å²) in [7, 11) is -0.946. The van der Waals surface area contributed by atoms with Crippen molar-refractivity contribution in [2.45, 2.75) is 4.90 Å². The van der Waals surface area contributed by atoms with Crippen molar-refractivity contribution >= 4 is 22.4 Å². The molecule has 1 heterocycles. The molecule has 0 aliphatic carbocycles. The quantitative estimate of drug-likeness (QED) is 0.855. The van der Waals surface area contributed by atoms with E-state index >= 15 is 0 Å². The number of halogens is 1. The van der Waals surface area contributed by atoms with Gasteiger partial charge in [-0.2, -0.15) is 0 Å². The third-order valence-electron chi connectivity index (χ3n) is 2.34. The Morgan fingerprint density at radius 2 is 2.14 bits per heavy atom. The molecule has 1 atom stereocenters. The molecule has 0 saturated carbocycles. The van der Waals surface area contributed by atoms with Crippen LogP contribution in [0.25, 0.3) is 0 Å². The minimum atomic E-state index is -0.946. The molecule has 1 aromatic carbocycles. The Morgan fingerprint density at radius 3 is 2.71 bits per heavy atom. The van der Waals surface area contributed by atoms with E-state index in [2.05, 4.69) is 5.32 Å². The fraction of sp³-hybridized carbons (Fsp3) is 0.400. The Kier molecular flexibility index (Phi) is 3.21. The summed E-state index contributed by atoms with van der Waals surface area (Å²) in [5.41, 5.74) is 0. The molecule has 2 nitrogen and oxygen atoms in total. The van der Waals surface area contributed by atoms with Gasteiger partial charge in [0.2, 0.25) is 0 Å². The van der Waals surface area contributed by atoms with Crippen molar-refractivity contribution in [1.29, 1.82) is 0 Å². The van der Waals surface area contributed by atoms with Crippen molar-refractivity contribution < 1.29 is 4.21 Å². The van der Waals surface area contributed by atoms with Crippen molar-refractivity contribution in [2.24, 2.45) is 5.92 Å². The average molecular weight is 230 g/mol. The van der Waals surface area contributed by atoms with Crippen LogP contribution in [-0.4, -0.2) is 23.1 Å². The van der Waals surface area contributed by atoms with Crippen LogP contribution in [0.5, 0.6) is 0 Å². The smallest absolute Gasteiger partial charge is 0.0574 e. The van der Waals surface area contributed by atoms with Crippen LogP contribution in [0.3, 0.4) is 0 Å². The average Bonchev–Trinajstić information content (AvgIpc) is 2.12. The van der Waals surface area contributed by atoms with E-state index in [9.17, 15) is 4.21 Å². The van der Waals surface area contributed by atoms with Crippen LogP contribution in [-0.2, 0) is 10.8 Å². The lowest BCUT2D eigenvalue weighted by Crippen LogP contribution is -2.44. The molecule has 0 amide bonds. The van der Waals surface area contributed by atoms with Gasteiger partial charge in [-0.05, 0) is 18.1 Å². The number of nitrogens with one attached hydrogen (secondary N) is 1. The first-order chi connectivity index (χ1) is 6.77. The first kappa shape index (κ1) is 10.1. The van der Waals surface area contributed by atoms with E-state index in [0.717, 1.165) is 23.7 Å². The Bertz CT molecular complexity index is 352. The van der Waals surface area contributed by atoms with Gasteiger partial charge in [0.1, 0.15) is 0 Å². The highest BCUT2D eigenvalue weighted by molar-refractivity contribution is 7.85. The molecule has 1 saturated heterocycles. The monoisotopic (exact) mass is 229 g/mol. The molecule has 14 heavy (non-hydrogen) atoms. The van der Waals surface area contributed by atoms with Crippen LogP contribution in [0.2, 0.25) is 5.02 Å². The maximum absolute atomic E-state index is 11.9. The van der Waals surface area contributed by atoms with E-state index in [4.69, 9.17) is 11.6 Å². The molecule has 0 spiro atoms. The van der Waals surface area contributed by atoms with Gasteiger partial charge in [0, 0.05) is 18.8 Å². The van der Waals surface area contributed by atoms with Crippen LogP contribution in [0.1, 0.15) is 0 Å². The molecule has 1 aliphatic rings. The summed E-state index contributed by atoms with van der Waals surface area (Å²) in [6.45, 7) is 1.96. The molecule has 1 aliphatic heterocycles. The topological polar surface area (TPSA) is 29.1 Å². The van der Waals surface area contributed by atoms with E-state index in [1.54, 1.807) is 6.07 Å². The second kappa shape index (κ2) is 4.43. The number of benzene rings is 1. The maximum atomic E-state index is 11.9. The minimum absolute atomic E-state index is 0.548. The van der Waals surface area contributed by atoms with Crippen molar-refractivity contribution in [3.8, 4) is 0 Å². The first-order valence-corrected chi connectivity index (χ1v) is 6.30. The van der Waals surface area contributed by atoms with E-state index in [1.165, 1.54) is 0 Å². The largest absolute Gasteiger partial charge is 0.316 e. The predicted octanol–water partition coefficient (Wildman–Crippen LogP) is 1.67. The minimum Gasteiger partial charge on any atom is -0.316 e. The molecule has 0 radical (unpaired) electrons. The van der Waals surface area contributed by atoms with Crippen LogP contribution in [0.15, 0.2) is 29.2 Å². The molecular formula is C10H12ClNOS. The van der Waals surface area contributed by atoms with Gasteiger partial charge in [0.25, 0.3) is 0 Å². The SMILES string of the molecule is O=S(CC1CNC1)c1ccccc1Cl. The third kappa shape index (κ3) is 2.16. The highest BCUT2D eigenvalue weighted by Gasteiger charge is 2.20. The standard InChI is InChI=1S/C10H12ClNOS/c11-9-3-1-2-4-10(9)14(13)7-8-5-12-6-8/h1-4,8,12H,5-7H2. The van der Waals surface area contributed by atoms with Gasteiger partial charge in [-0.15, -0.1) is 0 Å². The van der Waals surface area contributed by atoms with E-state index in [1.807, 2.05) is 18.2 Å². The second-order valence-corrected chi connectivity index (χ2v) is 5.34. The van der Waals surface area contributed by atoms with Crippen molar-refractivity contribution in [3.63, 3.8) is 0 Å². The summed E-state index contributed by atoms with van der Waals surface area (Å²) in [5.74, 6) is 1.27. The summed E-state index contributed by atoms with van der Waals surface area (Å²) in [6.07, 6.45) is 0. The lowest BCUT2D eigenvalue weighted by Gasteiger charge is -2.26. The van der Waals surface area contributed by atoms with Crippen LogP contribution in [0.4, 0.5) is 0 Å². The molecule has 1 N–H and O–H groups in total. The van der Waals surface area contributed by atoms with Gasteiger partial charge in [-0.1, -0.05) is 23.7 Å². The second-order valence-electron chi connectivity index (χ2n) is 3.47. The zero-order valence-corrected chi connectivity index (χ0v) is 9.27. The summed E-state index contributed by atoms with van der Waals surface area (Å²) < 4.78 is 11.9. The fourth-order valence-electron chi connectivity index (χ4n) is 1.40. The highest BCUT2D eigenvalue weighted by Crippen LogP contribution is 2.20. The molecule has 76 valence electrons. The van der Waals surface area contributed by atoms with Gasteiger partial charge < -0.3 is 5.32 Å². The number of hydrogen-bond acceptors (Lipinski definition) is 2. The molecule has 0 bridgehead atoms. The molecule has 4 heteroatoms. The van der Waals surface area contributed by atoms with Crippen molar-refractivity contribution in [1.82, 2.24) is 5.32 Å². The molecular weight excluding hydrogens is 218 g/mol. The molecule has 2 rings (SSSR count). The van der Waals surface area contributed by atoms with E-state index in [0.29, 0.717) is 10.9 Å². The van der Waals surface area contributed by atoms with Gasteiger partial charge >= 0.3 is 0 Å².